The van der Waals surface area contributed by atoms with Crippen LogP contribution in [0.15, 0.2) is 63.1 Å². The Kier molecular flexibility index (Phi) is 7.99. The summed E-state index contributed by atoms with van der Waals surface area (Å²) in [6, 6.07) is 14.4. The molecule has 0 N–H and O–H groups in total. The van der Waals surface area contributed by atoms with Gasteiger partial charge in [-0.05, 0) is 48.8 Å². The van der Waals surface area contributed by atoms with Crippen LogP contribution >= 0.6 is 23.4 Å². The number of thioether (sulfide) groups is 1. The Morgan fingerprint density at radius 3 is 2.61 bits per heavy atom. The number of unbranched alkanes of at least 4 members (excludes halogenated alkanes) is 1. The summed E-state index contributed by atoms with van der Waals surface area (Å²) in [5, 5.41) is 9.01. The third-order valence-electron chi connectivity index (χ3n) is 6.67. The Morgan fingerprint density at radius 2 is 1.89 bits per heavy atom. The van der Waals surface area contributed by atoms with Gasteiger partial charge >= 0.3 is 0 Å². The van der Waals surface area contributed by atoms with Crippen LogP contribution in [0.3, 0.4) is 0 Å². The summed E-state index contributed by atoms with van der Waals surface area (Å²) >= 11 is 7.64. The van der Waals surface area contributed by atoms with Gasteiger partial charge in [0, 0.05) is 31.2 Å². The number of amides is 1. The van der Waals surface area contributed by atoms with Crippen LogP contribution in [-0.4, -0.2) is 62.1 Å². The minimum atomic E-state index is -0.379. The van der Waals surface area contributed by atoms with Gasteiger partial charge in [0.05, 0.1) is 21.8 Å². The Hall–Kier alpha value is -3.37. The topological polar surface area (TPSA) is 97.4 Å². The zero-order valence-corrected chi connectivity index (χ0v) is 22.9. The third kappa shape index (κ3) is 5.42. The second-order valence-electron chi connectivity index (χ2n) is 9.27. The van der Waals surface area contributed by atoms with Crippen LogP contribution in [-0.2, 0) is 4.79 Å². The standard InChI is InChI=1S/C27H29ClN6O3S/c1-3-4-12-23(26(36)33-15-13-32(14-16-33)24-18(2)30-37-31-24)38-27-29-22-11-6-5-10-21(22)25(35)34(27)20-9-7-8-19(28)17-20/h5-11,17,23H,3-4,12-16H2,1-2H3. The first-order chi connectivity index (χ1) is 18.5. The fraction of sp³-hybridized carbons (Fsp3) is 0.370. The van der Waals surface area contributed by atoms with Crippen molar-refractivity contribution in [3.8, 4) is 5.69 Å². The van der Waals surface area contributed by atoms with Gasteiger partial charge in [0.25, 0.3) is 5.56 Å². The SMILES string of the molecule is CCCCC(Sc1nc2ccccc2c(=O)n1-c1cccc(Cl)c1)C(=O)N1CCN(c2nonc2C)CC1. The molecule has 0 spiro atoms. The molecule has 0 aliphatic carbocycles. The molecule has 1 amide bonds. The van der Waals surface area contributed by atoms with E-state index in [-0.39, 0.29) is 16.7 Å². The average molecular weight is 553 g/mol. The molecule has 3 heterocycles. The van der Waals surface area contributed by atoms with Crippen LogP contribution in [0.25, 0.3) is 16.6 Å². The maximum atomic E-state index is 13.8. The van der Waals surface area contributed by atoms with Gasteiger partial charge in [-0.1, -0.05) is 66.5 Å². The number of hydrogen-bond acceptors (Lipinski definition) is 8. The van der Waals surface area contributed by atoms with Crippen LogP contribution in [0.4, 0.5) is 5.82 Å². The van der Waals surface area contributed by atoms with E-state index in [0.29, 0.717) is 59.4 Å². The monoisotopic (exact) mass is 552 g/mol. The average Bonchev–Trinajstić information content (AvgIpc) is 3.36. The lowest BCUT2D eigenvalue weighted by atomic mass is 10.1. The van der Waals surface area contributed by atoms with Crippen molar-refractivity contribution in [1.82, 2.24) is 24.8 Å². The molecule has 1 aliphatic rings. The summed E-state index contributed by atoms with van der Waals surface area (Å²) in [6.07, 6.45) is 2.54. The van der Waals surface area contributed by atoms with Crippen molar-refractivity contribution in [3.63, 3.8) is 0 Å². The first-order valence-corrected chi connectivity index (χ1v) is 14.0. The number of rotatable bonds is 8. The summed E-state index contributed by atoms with van der Waals surface area (Å²) in [6.45, 7) is 6.40. The summed E-state index contributed by atoms with van der Waals surface area (Å²) in [7, 11) is 0. The highest BCUT2D eigenvalue weighted by Crippen LogP contribution is 2.30. The Labute approximate surface area is 229 Å². The van der Waals surface area contributed by atoms with Crippen LogP contribution in [0, 0.1) is 6.92 Å². The number of aromatic nitrogens is 4. The van der Waals surface area contributed by atoms with E-state index in [1.165, 1.54) is 11.8 Å². The molecule has 1 aliphatic heterocycles. The summed E-state index contributed by atoms with van der Waals surface area (Å²) in [5.41, 5.74) is 1.77. The molecule has 11 heteroatoms. The fourth-order valence-corrected chi connectivity index (χ4v) is 6.06. The molecule has 38 heavy (non-hydrogen) atoms. The van der Waals surface area contributed by atoms with Crippen molar-refractivity contribution < 1.29 is 9.42 Å². The minimum Gasteiger partial charge on any atom is -0.349 e. The minimum absolute atomic E-state index is 0.0538. The van der Waals surface area contributed by atoms with Gasteiger partial charge in [0.2, 0.25) is 5.91 Å². The molecule has 2 aromatic heterocycles. The van der Waals surface area contributed by atoms with E-state index in [0.717, 1.165) is 24.4 Å². The molecule has 9 nitrogen and oxygen atoms in total. The zero-order valence-electron chi connectivity index (χ0n) is 21.3. The van der Waals surface area contributed by atoms with Gasteiger partial charge in [-0.2, -0.15) is 0 Å². The van der Waals surface area contributed by atoms with Crippen molar-refractivity contribution in [2.75, 3.05) is 31.1 Å². The molecule has 0 bridgehead atoms. The number of halogens is 1. The van der Waals surface area contributed by atoms with Gasteiger partial charge < -0.3 is 9.80 Å². The smallest absolute Gasteiger partial charge is 0.266 e. The Morgan fingerprint density at radius 1 is 1.11 bits per heavy atom. The van der Waals surface area contributed by atoms with Gasteiger partial charge in [-0.15, -0.1) is 0 Å². The van der Waals surface area contributed by atoms with E-state index in [1.54, 1.807) is 28.8 Å². The third-order valence-corrected chi connectivity index (χ3v) is 8.12. The largest absolute Gasteiger partial charge is 0.349 e. The maximum absolute atomic E-state index is 13.8. The highest BCUT2D eigenvalue weighted by Gasteiger charge is 2.31. The van der Waals surface area contributed by atoms with Crippen LogP contribution in [0.1, 0.15) is 31.9 Å². The second kappa shape index (κ2) is 11.6. The number of para-hydroxylation sites is 1. The van der Waals surface area contributed by atoms with Gasteiger partial charge in [-0.3, -0.25) is 14.2 Å². The van der Waals surface area contributed by atoms with Crippen molar-refractivity contribution in [1.29, 1.82) is 0 Å². The molecule has 2 aromatic carbocycles. The summed E-state index contributed by atoms with van der Waals surface area (Å²) in [4.78, 5) is 36.3. The maximum Gasteiger partial charge on any atom is 0.266 e. The quantitative estimate of drug-likeness (QED) is 0.228. The first kappa shape index (κ1) is 26.2. The van der Waals surface area contributed by atoms with E-state index in [9.17, 15) is 9.59 Å². The molecular formula is C27H29ClN6O3S. The van der Waals surface area contributed by atoms with E-state index < -0.39 is 0 Å². The van der Waals surface area contributed by atoms with Crippen LogP contribution < -0.4 is 10.5 Å². The number of aryl methyl sites for hydroxylation is 1. The lowest BCUT2D eigenvalue weighted by molar-refractivity contribution is -0.131. The van der Waals surface area contributed by atoms with Gasteiger partial charge in [0.1, 0.15) is 5.69 Å². The van der Waals surface area contributed by atoms with Gasteiger partial charge in [-0.25, -0.2) is 9.61 Å². The molecule has 1 fully saturated rings. The molecule has 1 saturated heterocycles. The predicted octanol–water partition coefficient (Wildman–Crippen LogP) is 4.73. The fourth-order valence-electron chi connectivity index (χ4n) is 4.64. The van der Waals surface area contributed by atoms with E-state index in [4.69, 9.17) is 21.2 Å². The number of anilines is 1. The Bertz CT molecular complexity index is 1500. The van der Waals surface area contributed by atoms with Crippen molar-refractivity contribution >= 4 is 46.0 Å². The van der Waals surface area contributed by atoms with Crippen LogP contribution in [0.5, 0.6) is 0 Å². The number of benzene rings is 2. The highest BCUT2D eigenvalue weighted by molar-refractivity contribution is 8.00. The lowest BCUT2D eigenvalue weighted by Crippen LogP contribution is -2.51. The molecule has 198 valence electrons. The number of carbonyl (C=O) groups is 1. The summed E-state index contributed by atoms with van der Waals surface area (Å²) < 4.78 is 6.42. The number of piperazine rings is 1. The predicted molar refractivity (Wildman–Crippen MR) is 149 cm³/mol. The molecule has 4 aromatic rings. The molecule has 0 saturated carbocycles. The van der Waals surface area contributed by atoms with Crippen molar-refractivity contribution in [2.24, 2.45) is 0 Å². The van der Waals surface area contributed by atoms with Crippen LogP contribution in [0.2, 0.25) is 5.02 Å². The second-order valence-corrected chi connectivity index (χ2v) is 10.9. The molecule has 1 atom stereocenters. The van der Waals surface area contributed by atoms with E-state index in [2.05, 4.69) is 22.1 Å². The molecular weight excluding hydrogens is 524 g/mol. The van der Waals surface area contributed by atoms with Crippen molar-refractivity contribution in [3.05, 3.63) is 69.6 Å². The van der Waals surface area contributed by atoms with Crippen molar-refractivity contribution in [2.45, 2.75) is 43.5 Å². The highest BCUT2D eigenvalue weighted by atomic mass is 35.5. The van der Waals surface area contributed by atoms with E-state index in [1.807, 2.05) is 36.1 Å². The van der Waals surface area contributed by atoms with Gasteiger partial charge in [0.15, 0.2) is 11.0 Å². The first-order valence-electron chi connectivity index (χ1n) is 12.7. The normalized spacial score (nSPS) is 14.7. The number of carbonyl (C=O) groups excluding carboxylic acids is 1. The number of hydrogen-bond donors (Lipinski definition) is 0. The zero-order chi connectivity index (χ0) is 26.6. The lowest BCUT2D eigenvalue weighted by Gasteiger charge is -2.36. The molecule has 0 radical (unpaired) electrons. The van der Waals surface area contributed by atoms with E-state index >= 15 is 0 Å². The number of nitrogens with zero attached hydrogens (tertiary/aromatic N) is 6. The summed E-state index contributed by atoms with van der Waals surface area (Å²) in [5.74, 6) is 0.776. The molecule has 1 unspecified atom stereocenters. The Balaban J connectivity index is 1.45. The molecule has 5 rings (SSSR count). The number of fused-ring (bicyclic) bond motifs is 1.